The van der Waals surface area contributed by atoms with Crippen molar-refractivity contribution >= 4 is 34.2 Å². The molecule has 1 amide bonds. The molecule has 0 saturated carbocycles. The average molecular weight is 449 g/mol. The van der Waals surface area contributed by atoms with E-state index in [1.165, 1.54) is 4.57 Å². The van der Waals surface area contributed by atoms with Crippen LogP contribution in [0.4, 0.5) is 5.82 Å². The van der Waals surface area contributed by atoms with Crippen LogP contribution in [-0.2, 0) is 24.3 Å². The second kappa shape index (κ2) is 8.47. The summed E-state index contributed by atoms with van der Waals surface area (Å²) in [4.78, 5) is 37.7. The van der Waals surface area contributed by atoms with Gasteiger partial charge in [-0.15, -0.1) is 0 Å². The largest absolute Gasteiger partial charge is 0.361 e. The van der Waals surface area contributed by atoms with Gasteiger partial charge in [0.1, 0.15) is 6.04 Å². The predicted molar refractivity (Wildman–Crippen MR) is 123 cm³/mol. The van der Waals surface area contributed by atoms with Crippen LogP contribution < -0.4 is 16.2 Å². The number of pyridine rings is 1. The fraction of sp³-hybridized carbons (Fsp3) is 0.217. The van der Waals surface area contributed by atoms with E-state index in [1.54, 1.807) is 12.4 Å². The maximum absolute atomic E-state index is 13.1. The number of nitrogens with one attached hydrogen (secondary N) is 3. The number of aromatic amines is 1. The van der Waals surface area contributed by atoms with Crippen molar-refractivity contribution in [3.63, 3.8) is 0 Å². The summed E-state index contributed by atoms with van der Waals surface area (Å²) in [5.74, 6) is -0.0793. The molecule has 32 heavy (non-hydrogen) atoms. The van der Waals surface area contributed by atoms with Crippen LogP contribution in [0, 0.1) is 0 Å². The topological polar surface area (TPSA) is 105 Å². The number of hydrogen-bond acceptors (Lipinski definition) is 5. The number of fused-ring (bicyclic) bond motifs is 2. The van der Waals surface area contributed by atoms with E-state index >= 15 is 0 Å². The van der Waals surface area contributed by atoms with Gasteiger partial charge in [0.15, 0.2) is 11.0 Å². The minimum Gasteiger partial charge on any atom is -0.361 e. The van der Waals surface area contributed by atoms with Crippen LogP contribution in [0.1, 0.15) is 29.4 Å². The molecule has 4 aromatic rings. The molecule has 1 atom stereocenters. The first-order chi connectivity index (χ1) is 15.6. The van der Waals surface area contributed by atoms with Crippen molar-refractivity contribution in [2.75, 3.05) is 5.32 Å². The monoisotopic (exact) mass is 448 g/mol. The normalized spacial score (nSPS) is 15.0. The fourth-order valence-electron chi connectivity index (χ4n) is 4.08. The highest BCUT2D eigenvalue weighted by Gasteiger charge is 2.32. The van der Waals surface area contributed by atoms with Gasteiger partial charge in [0.25, 0.3) is 5.56 Å². The van der Waals surface area contributed by atoms with E-state index in [2.05, 4.69) is 25.6 Å². The molecule has 9 heteroatoms. The second-order valence-corrected chi connectivity index (χ2v) is 8.10. The zero-order valence-electron chi connectivity index (χ0n) is 17.1. The van der Waals surface area contributed by atoms with E-state index in [0.717, 1.165) is 22.2 Å². The minimum atomic E-state index is -0.624. The Labute approximate surface area is 188 Å². The summed E-state index contributed by atoms with van der Waals surface area (Å²) in [6.45, 7) is 0.761. The number of carbonyl (C=O) groups is 1. The molecule has 3 N–H and O–H groups in total. The van der Waals surface area contributed by atoms with Crippen LogP contribution in [0.3, 0.4) is 0 Å². The van der Waals surface area contributed by atoms with Gasteiger partial charge in [0.05, 0.1) is 12.2 Å². The van der Waals surface area contributed by atoms with E-state index in [-0.39, 0.29) is 22.4 Å². The third-order valence-corrected chi connectivity index (χ3v) is 5.96. The molecule has 1 aliphatic heterocycles. The first kappa shape index (κ1) is 20.3. The molecule has 1 unspecified atom stereocenters. The van der Waals surface area contributed by atoms with Gasteiger partial charge >= 0.3 is 0 Å². The van der Waals surface area contributed by atoms with Crippen LogP contribution in [0.5, 0.6) is 0 Å². The molecule has 162 valence electrons. The molecule has 1 aromatic carbocycles. The highest BCUT2D eigenvalue weighted by Crippen LogP contribution is 2.29. The Morgan fingerprint density at radius 1 is 1.22 bits per heavy atom. The molecule has 8 nitrogen and oxygen atoms in total. The summed E-state index contributed by atoms with van der Waals surface area (Å²) in [7, 11) is 0. The molecule has 0 saturated heterocycles. The maximum Gasteiger partial charge on any atom is 0.294 e. The molecule has 5 rings (SSSR count). The summed E-state index contributed by atoms with van der Waals surface area (Å²) < 4.78 is 1.48. The summed E-state index contributed by atoms with van der Waals surface area (Å²) in [6, 6.07) is 12.9. The lowest BCUT2D eigenvalue weighted by atomic mass is 10.2. The standard InChI is InChI=1S/C23H21ClN6O2/c24-20-18-6-7-19(22(31)27-13-16-10-15-12-25-9-8-17(15)28-16)30(18)23(32)21(29-20)26-11-14-4-2-1-3-5-14/h1-5,8-10,12,19,28H,6-7,11,13H2,(H,26,29)(H,27,31). The number of rotatable bonds is 6. The summed E-state index contributed by atoms with van der Waals surface area (Å²) >= 11 is 6.36. The molecule has 0 aliphatic carbocycles. The Kier molecular flexibility index (Phi) is 5.36. The van der Waals surface area contributed by atoms with Crippen molar-refractivity contribution in [1.82, 2.24) is 24.8 Å². The van der Waals surface area contributed by atoms with Gasteiger partial charge in [-0.25, -0.2) is 4.98 Å². The second-order valence-electron chi connectivity index (χ2n) is 7.74. The lowest BCUT2D eigenvalue weighted by molar-refractivity contribution is -0.124. The number of halogens is 1. The summed E-state index contributed by atoms with van der Waals surface area (Å²) in [5.41, 5.74) is 3.09. The Balaban J connectivity index is 1.34. The van der Waals surface area contributed by atoms with Crippen molar-refractivity contribution in [3.8, 4) is 0 Å². The van der Waals surface area contributed by atoms with Gasteiger partial charge < -0.3 is 15.6 Å². The van der Waals surface area contributed by atoms with Crippen molar-refractivity contribution in [2.45, 2.75) is 32.0 Å². The third-order valence-electron chi connectivity index (χ3n) is 5.66. The summed E-state index contributed by atoms with van der Waals surface area (Å²) in [6.07, 6.45) is 4.50. The number of anilines is 1. The third kappa shape index (κ3) is 3.85. The van der Waals surface area contributed by atoms with E-state index in [1.807, 2.05) is 42.5 Å². The maximum atomic E-state index is 13.1. The fourth-order valence-corrected chi connectivity index (χ4v) is 4.35. The number of carbonyl (C=O) groups excluding carboxylic acids is 1. The zero-order valence-corrected chi connectivity index (χ0v) is 17.9. The van der Waals surface area contributed by atoms with Crippen LogP contribution in [0.25, 0.3) is 10.9 Å². The van der Waals surface area contributed by atoms with Crippen molar-refractivity contribution in [1.29, 1.82) is 0 Å². The summed E-state index contributed by atoms with van der Waals surface area (Å²) in [5, 5.41) is 7.22. The molecule has 3 aromatic heterocycles. The lowest BCUT2D eigenvalue weighted by Gasteiger charge is -2.16. The average Bonchev–Trinajstić information content (AvgIpc) is 3.44. The molecular weight excluding hydrogens is 428 g/mol. The van der Waals surface area contributed by atoms with Gasteiger partial charge in [0, 0.05) is 35.5 Å². The Morgan fingerprint density at radius 2 is 2.06 bits per heavy atom. The molecule has 1 aliphatic rings. The first-order valence-electron chi connectivity index (χ1n) is 10.4. The van der Waals surface area contributed by atoms with Crippen molar-refractivity contribution < 1.29 is 4.79 Å². The van der Waals surface area contributed by atoms with Crippen LogP contribution in [0.15, 0.2) is 59.7 Å². The van der Waals surface area contributed by atoms with Crippen molar-refractivity contribution in [2.24, 2.45) is 0 Å². The van der Waals surface area contributed by atoms with Gasteiger partial charge in [0.2, 0.25) is 5.91 Å². The lowest BCUT2D eigenvalue weighted by Crippen LogP contribution is -2.36. The molecule has 0 radical (unpaired) electrons. The minimum absolute atomic E-state index is 0.144. The highest BCUT2D eigenvalue weighted by molar-refractivity contribution is 6.30. The van der Waals surface area contributed by atoms with Crippen LogP contribution >= 0.6 is 11.6 Å². The molecule has 4 heterocycles. The number of amides is 1. The molecule has 0 bridgehead atoms. The van der Waals surface area contributed by atoms with Crippen LogP contribution in [-0.4, -0.2) is 25.4 Å². The molecule has 0 fully saturated rings. The van der Waals surface area contributed by atoms with Gasteiger partial charge in [-0.05, 0) is 30.5 Å². The van der Waals surface area contributed by atoms with E-state index < -0.39 is 6.04 Å². The molecular formula is C23H21ClN6O2. The first-order valence-corrected chi connectivity index (χ1v) is 10.8. The predicted octanol–water partition coefficient (Wildman–Crippen LogP) is 3.19. The quantitative estimate of drug-likeness (QED) is 0.420. The Bertz CT molecular complexity index is 1310. The SMILES string of the molecule is O=C(NCc1cc2cnccc2[nH]1)C1CCc2c(Cl)nc(NCc3ccccc3)c(=O)n21. The zero-order chi connectivity index (χ0) is 22.1. The van der Waals surface area contributed by atoms with Crippen LogP contribution in [0.2, 0.25) is 5.15 Å². The van der Waals surface area contributed by atoms with E-state index in [9.17, 15) is 9.59 Å². The number of H-pyrrole nitrogens is 1. The van der Waals surface area contributed by atoms with E-state index in [4.69, 9.17) is 11.6 Å². The van der Waals surface area contributed by atoms with E-state index in [0.29, 0.717) is 31.6 Å². The number of hydrogen-bond donors (Lipinski definition) is 3. The Morgan fingerprint density at radius 3 is 2.88 bits per heavy atom. The van der Waals surface area contributed by atoms with Gasteiger partial charge in [-0.2, -0.15) is 0 Å². The highest BCUT2D eigenvalue weighted by atomic mass is 35.5. The van der Waals surface area contributed by atoms with Gasteiger partial charge in [-0.3, -0.25) is 19.1 Å². The van der Waals surface area contributed by atoms with Gasteiger partial charge in [-0.1, -0.05) is 41.9 Å². The Hall–Kier alpha value is -3.65. The number of benzene rings is 1. The number of nitrogens with zero attached hydrogens (tertiary/aromatic N) is 3. The molecule has 0 spiro atoms. The number of aromatic nitrogens is 4. The van der Waals surface area contributed by atoms with Crippen molar-refractivity contribution in [3.05, 3.63) is 87.3 Å². The smallest absolute Gasteiger partial charge is 0.294 e.